The molecule has 3 aromatic rings. The molecule has 0 radical (unpaired) electrons. The van der Waals surface area contributed by atoms with Gasteiger partial charge in [0.2, 0.25) is 5.91 Å². The quantitative estimate of drug-likeness (QED) is 0.524. The number of halogens is 3. The lowest BCUT2D eigenvalue weighted by molar-refractivity contribution is -0.129. The highest BCUT2D eigenvalue weighted by Gasteiger charge is 2.41. The average Bonchev–Trinajstić information content (AvgIpc) is 3.25. The summed E-state index contributed by atoms with van der Waals surface area (Å²) in [7, 11) is 1.61. The molecular formula is C25H26F3N3O2. The molecule has 0 spiro atoms. The molecule has 33 heavy (non-hydrogen) atoms. The number of carbonyl (C=O) groups is 1. The minimum atomic E-state index is -2.91. The summed E-state index contributed by atoms with van der Waals surface area (Å²) in [5, 5.41) is 3.86. The van der Waals surface area contributed by atoms with Crippen LogP contribution in [0.4, 0.5) is 18.9 Å². The van der Waals surface area contributed by atoms with Crippen molar-refractivity contribution in [2.24, 2.45) is 0 Å². The molecule has 0 aliphatic carbocycles. The summed E-state index contributed by atoms with van der Waals surface area (Å²) in [6, 6.07) is 10.4. The van der Waals surface area contributed by atoms with Crippen molar-refractivity contribution in [3.63, 3.8) is 0 Å². The fourth-order valence-electron chi connectivity index (χ4n) is 4.45. The lowest BCUT2D eigenvalue weighted by atomic mass is 9.91. The highest BCUT2D eigenvalue weighted by atomic mass is 19.3. The van der Waals surface area contributed by atoms with Gasteiger partial charge in [-0.05, 0) is 37.1 Å². The molecule has 0 saturated carbocycles. The molecule has 1 aliphatic heterocycles. The van der Waals surface area contributed by atoms with E-state index >= 15 is 0 Å². The molecule has 1 saturated heterocycles. The van der Waals surface area contributed by atoms with E-state index in [0.717, 1.165) is 11.6 Å². The topological polar surface area (TPSA) is 54.5 Å². The van der Waals surface area contributed by atoms with Crippen molar-refractivity contribution < 1.29 is 24.1 Å². The highest BCUT2D eigenvalue weighted by molar-refractivity contribution is 5.92. The number of ether oxygens (including phenoxy) is 1. The largest absolute Gasteiger partial charge is 0.378 e. The van der Waals surface area contributed by atoms with Crippen LogP contribution in [0.2, 0.25) is 0 Å². The Hall–Kier alpha value is -3.13. The number of likely N-dealkylation sites (tertiary alicyclic amines) is 1. The van der Waals surface area contributed by atoms with E-state index in [1.165, 1.54) is 25.1 Å². The van der Waals surface area contributed by atoms with Gasteiger partial charge in [0.05, 0.1) is 25.0 Å². The zero-order valence-electron chi connectivity index (χ0n) is 19.7. The fraction of sp³-hybridized carbons (Fsp3) is 0.360. The van der Waals surface area contributed by atoms with Gasteiger partial charge in [-0.2, -0.15) is 0 Å². The number of alkyl halides is 2. The minimum absolute atomic E-state index is 0.0156. The van der Waals surface area contributed by atoms with E-state index in [2.05, 4.69) is 10.3 Å². The molecule has 1 aliphatic rings. The molecule has 8 heteroatoms. The second-order valence-corrected chi connectivity index (χ2v) is 8.34. The normalized spacial score (nSPS) is 19.7. The Kier molecular flexibility index (Phi) is 5.93. The van der Waals surface area contributed by atoms with Crippen LogP contribution in [0.3, 0.4) is 0 Å². The second-order valence-electron chi connectivity index (χ2n) is 8.34. The number of anilines is 1. The molecule has 2 atom stereocenters. The number of benzene rings is 2. The number of rotatable bonds is 6. The van der Waals surface area contributed by atoms with Crippen molar-refractivity contribution in [3.05, 3.63) is 71.1 Å². The first-order valence-corrected chi connectivity index (χ1v) is 10.7. The number of hydrogen-bond donors (Lipinski definition) is 1. The highest BCUT2D eigenvalue weighted by Crippen LogP contribution is 2.38. The van der Waals surface area contributed by atoms with Gasteiger partial charge in [0, 0.05) is 43.4 Å². The SMILES string of the molecule is [2H]c1cc(N[C@H](C)c2cccc(C(F)F)c2F)c2cc([C@@]3(OC)CCN(C(C)=O)C3)ccc2n1. The number of amides is 1. The lowest BCUT2D eigenvalue weighted by Crippen LogP contribution is -2.34. The van der Waals surface area contributed by atoms with Crippen molar-refractivity contribution >= 4 is 22.5 Å². The van der Waals surface area contributed by atoms with E-state index in [4.69, 9.17) is 6.11 Å². The Labute approximate surface area is 192 Å². The standard InChI is InChI=1S/C25H26F3N3O2/c1-15(18-5-4-6-19(23(18)26)24(27)28)30-22-9-11-29-21-8-7-17(13-20(21)22)25(33-3)10-12-31(14-25)16(2)32/h4-9,11,13,15,24H,10,12,14H2,1-3H3,(H,29,30)/t15-,25-/m1/s1/i11D. The number of pyridine rings is 1. The van der Waals surface area contributed by atoms with Crippen LogP contribution in [0.1, 0.15) is 50.8 Å². The Bertz CT molecular complexity index is 1240. The smallest absolute Gasteiger partial charge is 0.266 e. The number of carbonyl (C=O) groups excluding carboxylic acids is 1. The molecule has 4 rings (SSSR count). The van der Waals surface area contributed by atoms with Crippen LogP contribution in [0.5, 0.6) is 0 Å². The third-order valence-corrected chi connectivity index (χ3v) is 6.41. The predicted molar refractivity (Wildman–Crippen MR) is 121 cm³/mol. The maximum atomic E-state index is 14.7. The van der Waals surface area contributed by atoms with Crippen LogP contribution in [-0.4, -0.2) is 36.0 Å². The summed E-state index contributed by atoms with van der Waals surface area (Å²) in [6.45, 7) is 4.19. The molecule has 2 heterocycles. The van der Waals surface area contributed by atoms with Gasteiger partial charge >= 0.3 is 0 Å². The summed E-state index contributed by atoms with van der Waals surface area (Å²) >= 11 is 0. The van der Waals surface area contributed by atoms with E-state index in [9.17, 15) is 18.0 Å². The van der Waals surface area contributed by atoms with Gasteiger partial charge in [-0.3, -0.25) is 9.78 Å². The first-order valence-electron chi connectivity index (χ1n) is 11.2. The van der Waals surface area contributed by atoms with E-state index in [0.29, 0.717) is 36.1 Å². The first-order chi connectivity index (χ1) is 16.1. The maximum Gasteiger partial charge on any atom is 0.266 e. The Morgan fingerprint density at radius 2 is 2.03 bits per heavy atom. The molecule has 1 fully saturated rings. The van der Waals surface area contributed by atoms with Crippen LogP contribution >= 0.6 is 0 Å². The average molecular weight is 459 g/mol. The maximum absolute atomic E-state index is 14.7. The molecule has 1 N–H and O–H groups in total. The molecule has 2 aromatic carbocycles. The van der Waals surface area contributed by atoms with Crippen LogP contribution in [0, 0.1) is 5.82 Å². The van der Waals surface area contributed by atoms with Crippen molar-refractivity contribution in [1.29, 1.82) is 0 Å². The number of aromatic nitrogens is 1. The van der Waals surface area contributed by atoms with E-state index in [1.54, 1.807) is 25.0 Å². The summed E-state index contributed by atoms with van der Waals surface area (Å²) in [4.78, 5) is 17.9. The summed E-state index contributed by atoms with van der Waals surface area (Å²) in [6.07, 6.45) is -2.27. The molecule has 0 bridgehead atoms. The van der Waals surface area contributed by atoms with Crippen LogP contribution in [0.25, 0.3) is 10.9 Å². The number of nitrogens with zero attached hydrogens (tertiary/aromatic N) is 2. The van der Waals surface area contributed by atoms with E-state index in [-0.39, 0.29) is 17.6 Å². The van der Waals surface area contributed by atoms with Gasteiger partial charge < -0.3 is 15.0 Å². The van der Waals surface area contributed by atoms with Crippen molar-refractivity contribution in [2.45, 2.75) is 38.3 Å². The van der Waals surface area contributed by atoms with Crippen LogP contribution in [0.15, 0.2) is 48.6 Å². The Morgan fingerprint density at radius 1 is 1.27 bits per heavy atom. The Morgan fingerprint density at radius 3 is 2.70 bits per heavy atom. The number of methoxy groups -OCH3 is 1. The van der Waals surface area contributed by atoms with E-state index in [1.807, 2.05) is 12.1 Å². The number of fused-ring (bicyclic) bond motifs is 1. The third kappa shape index (κ3) is 4.27. The predicted octanol–water partition coefficient (Wildman–Crippen LogP) is 5.58. The van der Waals surface area contributed by atoms with Crippen LogP contribution < -0.4 is 5.32 Å². The summed E-state index contributed by atoms with van der Waals surface area (Å²) in [5.74, 6) is -0.972. The summed E-state index contributed by atoms with van der Waals surface area (Å²) in [5.41, 5.74) is 0.714. The van der Waals surface area contributed by atoms with Gasteiger partial charge in [-0.1, -0.05) is 24.3 Å². The molecule has 1 amide bonds. The fourth-order valence-corrected chi connectivity index (χ4v) is 4.45. The molecule has 0 unspecified atom stereocenters. The number of hydrogen-bond acceptors (Lipinski definition) is 4. The van der Waals surface area contributed by atoms with Crippen LogP contribution in [-0.2, 0) is 15.1 Å². The lowest BCUT2D eigenvalue weighted by Gasteiger charge is -2.29. The van der Waals surface area contributed by atoms with Crippen molar-refractivity contribution in [3.8, 4) is 0 Å². The number of nitrogens with one attached hydrogen (secondary N) is 1. The summed E-state index contributed by atoms with van der Waals surface area (Å²) < 4.78 is 55.0. The monoisotopic (exact) mass is 458 g/mol. The van der Waals surface area contributed by atoms with Gasteiger partial charge in [-0.15, -0.1) is 0 Å². The molecule has 1 aromatic heterocycles. The van der Waals surface area contributed by atoms with Gasteiger partial charge in [0.1, 0.15) is 11.4 Å². The van der Waals surface area contributed by atoms with Gasteiger partial charge in [-0.25, -0.2) is 13.2 Å². The molecular weight excluding hydrogens is 431 g/mol. The van der Waals surface area contributed by atoms with Crippen molar-refractivity contribution in [2.75, 3.05) is 25.5 Å². The third-order valence-electron chi connectivity index (χ3n) is 6.41. The molecule has 5 nitrogen and oxygen atoms in total. The first kappa shape index (κ1) is 21.7. The van der Waals surface area contributed by atoms with E-state index < -0.39 is 29.4 Å². The Balaban J connectivity index is 1.74. The zero-order valence-corrected chi connectivity index (χ0v) is 18.7. The second kappa shape index (κ2) is 9.02. The van der Waals surface area contributed by atoms with Gasteiger partial charge in [0.15, 0.2) is 0 Å². The zero-order chi connectivity index (χ0) is 24.6. The molecule has 174 valence electrons. The van der Waals surface area contributed by atoms with Gasteiger partial charge in [0.25, 0.3) is 6.43 Å². The van der Waals surface area contributed by atoms with Crippen molar-refractivity contribution in [1.82, 2.24) is 9.88 Å². The minimum Gasteiger partial charge on any atom is -0.378 e.